The molecule has 2 rings (SSSR count). The van der Waals surface area contributed by atoms with Crippen molar-refractivity contribution in [2.75, 3.05) is 7.05 Å². The van der Waals surface area contributed by atoms with E-state index in [0.717, 1.165) is 36.8 Å². The molecule has 2 N–H and O–H groups in total. The van der Waals surface area contributed by atoms with Crippen LogP contribution in [0.5, 0.6) is 0 Å². The molecule has 0 aliphatic heterocycles. The van der Waals surface area contributed by atoms with Crippen molar-refractivity contribution in [3.05, 3.63) is 29.3 Å². The highest BCUT2D eigenvalue weighted by Gasteiger charge is 2.31. The van der Waals surface area contributed by atoms with E-state index in [1.165, 1.54) is 0 Å². The first-order valence-corrected chi connectivity index (χ1v) is 8.19. The van der Waals surface area contributed by atoms with Crippen molar-refractivity contribution in [1.29, 1.82) is 0 Å². The second-order valence-corrected chi connectivity index (χ2v) is 7.17. The molecule has 0 spiro atoms. The maximum atomic E-state index is 12.7. The van der Waals surface area contributed by atoms with Gasteiger partial charge >= 0.3 is 0 Å². The van der Waals surface area contributed by atoms with Crippen molar-refractivity contribution >= 4 is 10.0 Å². The second kappa shape index (κ2) is 5.61. The van der Waals surface area contributed by atoms with Crippen LogP contribution in [0.2, 0.25) is 0 Å². The van der Waals surface area contributed by atoms with Crippen LogP contribution in [-0.4, -0.2) is 25.8 Å². The van der Waals surface area contributed by atoms with Crippen molar-refractivity contribution in [2.45, 2.75) is 50.1 Å². The summed E-state index contributed by atoms with van der Waals surface area (Å²) in [6.07, 6.45) is 4.16. The van der Waals surface area contributed by atoms with Crippen LogP contribution < -0.4 is 5.73 Å². The highest BCUT2D eigenvalue weighted by molar-refractivity contribution is 7.89. The van der Waals surface area contributed by atoms with Crippen molar-refractivity contribution in [3.63, 3.8) is 0 Å². The fourth-order valence-electron chi connectivity index (χ4n) is 2.78. The van der Waals surface area contributed by atoms with Crippen molar-refractivity contribution in [1.82, 2.24) is 4.31 Å². The Morgan fingerprint density at radius 2 is 1.95 bits per heavy atom. The Morgan fingerprint density at radius 1 is 1.32 bits per heavy atom. The number of nitrogens with zero attached hydrogens (tertiary/aromatic N) is 1. The maximum absolute atomic E-state index is 12.7. The molecule has 5 heteroatoms. The van der Waals surface area contributed by atoms with Gasteiger partial charge in [-0.1, -0.05) is 25.0 Å². The smallest absolute Gasteiger partial charge is 0.243 e. The third-order valence-corrected chi connectivity index (χ3v) is 6.17. The average molecular weight is 282 g/mol. The summed E-state index contributed by atoms with van der Waals surface area (Å²) in [5.41, 5.74) is 7.32. The van der Waals surface area contributed by atoms with Gasteiger partial charge in [-0.2, -0.15) is 4.31 Å². The van der Waals surface area contributed by atoms with E-state index < -0.39 is 10.0 Å². The van der Waals surface area contributed by atoms with Gasteiger partial charge in [0.25, 0.3) is 0 Å². The molecular formula is C14H22N2O2S. The second-order valence-electron chi connectivity index (χ2n) is 5.20. The lowest BCUT2D eigenvalue weighted by atomic mass is 10.1. The zero-order valence-corrected chi connectivity index (χ0v) is 12.4. The molecule has 0 saturated heterocycles. The first-order chi connectivity index (χ1) is 8.98. The minimum atomic E-state index is -3.41. The van der Waals surface area contributed by atoms with E-state index in [2.05, 4.69) is 0 Å². The minimum Gasteiger partial charge on any atom is -0.326 e. The number of benzene rings is 1. The third kappa shape index (κ3) is 2.68. The molecule has 4 nitrogen and oxygen atoms in total. The summed E-state index contributed by atoms with van der Waals surface area (Å²) in [7, 11) is -1.71. The third-order valence-electron chi connectivity index (χ3n) is 4.11. The number of nitrogens with two attached hydrogens (primary N) is 1. The summed E-state index contributed by atoms with van der Waals surface area (Å²) in [5.74, 6) is 0. The Balaban J connectivity index is 2.39. The fourth-order valence-corrected chi connectivity index (χ4v) is 4.46. The SMILES string of the molecule is Cc1c(CN)cccc1S(=O)(=O)N(C)C1CCCC1. The Bertz CT molecular complexity index is 549. The monoisotopic (exact) mass is 282 g/mol. The molecule has 1 aliphatic carbocycles. The summed E-state index contributed by atoms with van der Waals surface area (Å²) >= 11 is 0. The predicted molar refractivity (Wildman–Crippen MR) is 76.3 cm³/mol. The summed E-state index contributed by atoms with van der Waals surface area (Å²) in [6.45, 7) is 2.19. The molecule has 1 aliphatic rings. The van der Waals surface area contributed by atoms with Gasteiger partial charge in [-0.25, -0.2) is 8.42 Å². The van der Waals surface area contributed by atoms with E-state index in [1.807, 2.05) is 13.0 Å². The van der Waals surface area contributed by atoms with E-state index in [9.17, 15) is 8.42 Å². The van der Waals surface area contributed by atoms with Gasteiger partial charge in [0.15, 0.2) is 0 Å². The molecule has 0 radical (unpaired) electrons. The summed E-state index contributed by atoms with van der Waals surface area (Å²) < 4.78 is 26.9. The topological polar surface area (TPSA) is 63.4 Å². The van der Waals surface area contributed by atoms with Crippen LogP contribution >= 0.6 is 0 Å². The van der Waals surface area contributed by atoms with Gasteiger partial charge in [-0.05, 0) is 37.0 Å². The van der Waals surface area contributed by atoms with Crippen molar-refractivity contribution < 1.29 is 8.42 Å². The molecule has 1 aromatic rings. The lowest BCUT2D eigenvalue weighted by Crippen LogP contribution is -2.35. The van der Waals surface area contributed by atoms with E-state index >= 15 is 0 Å². The Morgan fingerprint density at radius 3 is 2.53 bits per heavy atom. The van der Waals surface area contributed by atoms with E-state index in [4.69, 9.17) is 5.73 Å². The van der Waals surface area contributed by atoms with Crippen LogP contribution in [0, 0.1) is 6.92 Å². The van der Waals surface area contributed by atoms with Crippen LogP contribution in [0.25, 0.3) is 0 Å². The molecule has 0 aromatic heterocycles. The van der Waals surface area contributed by atoms with Crippen LogP contribution in [-0.2, 0) is 16.6 Å². The molecule has 1 aromatic carbocycles. The summed E-state index contributed by atoms with van der Waals surface area (Å²) in [6, 6.07) is 5.47. The number of hydrogen-bond donors (Lipinski definition) is 1. The Hall–Kier alpha value is -0.910. The minimum absolute atomic E-state index is 0.144. The summed E-state index contributed by atoms with van der Waals surface area (Å²) in [4.78, 5) is 0.393. The molecule has 0 unspecified atom stereocenters. The molecular weight excluding hydrogens is 260 g/mol. The standard InChI is InChI=1S/C14H22N2O2S/c1-11-12(10-15)6-5-9-14(11)19(17,18)16(2)13-7-3-4-8-13/h5-6,9,13H,3-4,7-8,10,15H2,1-2H3. The first-order valence-electron chi connectivity index (χ1n) is 6.75. The fraction of sp³-hybridized carbons (Fsp3) is 0.571. The van der Waals surface area contributed by atoms with Crippen LogP contribution in [0.3, 0.4) is 0 Å². The first kappa shape index (κ1) is 14.5. The highest BCUT2D eigenvalue weighted by atomic mass is 32.2. The van der Waals surface area contributed by atoms with Gasteiger partial charge in [0.1, 0.15) is 0 Å². The molecule has 1 saturated carbocycles. The molecule has 0 heterocycles. The molecule has 19 heavy (non-hydrogen) atoms. The molecule has 0 bridgehead atoms. The number of rotatable bonds is 4. The van der Waals surface area contributed by atoms with Gasteiger partial charge in [-0.15, -0.1) is 0 Å². The lowest BCUT2D eigenvalue weighted by molar-refractivity contribution is 0.372. The lowest BCUT2D eigenvalue weighted by Gasteiger charge is -2.25. The van der Waals surface area contributed by atoms with Crippen LogP contribution in [0.15, 0.2) is 23.1 Å². The van der Waals surface area contributed by atoms with E-state index in [1.54, 1.807) is 23.5 Å². The van der Waals surface area contributed by atoms with Gasteiger partial charge in [-0.3, -0.25) is 0 Å². The summed E-state index contributed by atoms with van der Waals surface area (Å²) in [5, 5.41) is 0. The van der Waals surface area contributed by atoms with Gasteiger partial charge in [0.05, 0.1) is 4.90 Å². The van der Waals surface area contributed by atoms with E-state index in [-0.39, 0.29) is 6.04 Å². The largest absolute Gasteiger partial charge is 0.326 e. The van der Waals surface area contributed by atoms with Crippen molar-refractivity contribution in [3.8, 4) is 0 Å². The van der Waals surface area contributed by atoms with Crippen molar-refractivity contribution in [2.24, 2.45) is 5.73 Å². The molecule has 1 fully saturated rings. The van der Waals surface area contributed by atoms with Crippen LogP contribution in [0.1, 0.15) is 36.8 Å². The normalized spacial score (nSPS) is 17.3. The average Bonchev–Trinajstić information content (AvgIpc) is 2.91. The molecule has 0 amide bonds. The van der Waals surface area contributed by atoms with Gasteiger partial charge in [0.2, 0.25) is 10.0 Å². The number of hydrogen-bond acceptors (Lipinski definition) is 3. The Kier molecular flexibility index (Phi) is 4.28. The van der Waals surface area contributed by atoms with E-state index in [0.29, 0.717) is 11.4 Å². The van der Waals surface area contributed by atoms with Crippen LogP contribution in [0.4, 0.5) is 0 Å². The Labute approximate surface area is 115 Å². The van der Waals surface area contributed by atoms with Gasteiger partial charge < -0.3 is 5.73 Å². The number of sulfonamides is 1. The zero-order chi connectivity index (χ0) is 14.0. The molecule has 106 valence electrons. The van der Waals surface area contributed by atoms with Gasteiger partial charge in [0, 0.05) is 19.6 Å². The molecule has 0 atom stereocenters. The predicted octanol–water partition coefficient (Wildman–Crippen LogP) is 2.02. The maximum Gasteiger partial charge on any atom is 0.243 e. The highest BCUT2D eigenvalue weighted by Crippen LogP contribution is 2.29. The quantitative estimate of drug-likeness (QED) is 0.919. The zero-order valence-electron chi connectivity index (χ0n) is 11.6.